The van der Waals surface area contributed by atoms with E-state index in [4.69, 9.17) is 19.6 Å². The van der Waals surface area contributed by atoms with E-state index in [0.29, 0.717) is 0 Å². The van der Waals surface area contributed by atoms with Gasteiger partial charge in [-0.3, -0.25) is 8.98 Å². The quantitative estimate of drug-likeness (QED) is 0.437. The highest BCUT2D eigenvalue weighted by atomic mass is 32.2. The van der Waals surface area contributed by atoms with E-state index in [1.54, 1.807) is 13.8 Å². The highest BCUT2D eigenvalue weighted by molar-refractivity contribution is 7.86. The molecule has 0 saturated carbocycles. The molecule has 1 aromatic rings. The molecule has 134 valence electrons. The number of ketones is 1. The number of ether oxygens (including phenoxy) is 1. The number of aliphatic hydroxyl groups is 1. The van der Waals surface area contributed by atoms with Crippen LogP contribution in [0.25, 0.3) is 11.6 Å². The fourth-order valence-electron chi connectivity index (χ4n) is 2.19. The number of Topliss-reactive ketones (excluding diaryl/α,β-unsaturated/α-hetero) is 1. The molecule has 0 aliphatic heterocycles. The second-order valence-corrected chi connectivity index (χ2v) is 7.18. The molecular weight excluding hydrogens is 348 g/mol. The van der Waals surface area contributed by atoms with E-state index in [1.165, 1.54) is 30.4 Å². The van der Waals surface area contributed by atoms with Crippen LogP contribution in [-0.4, -0.2) is 55.2 Å². The maximum absolute atomic E-state index is 12.5. The molecule has 0 saturated heterocycles. The Morgan fingerprint density at radius 2 is 1.96 bits per heavy atom. The maximum atomic E-state index is 12.5. The minimum atomic E-state index is -4.13. The van der Waals surface area contributed by atoms with Gasteiger partial charge in [0.15, 0.2) is 0 Å². The van der Waals surface area contributed by atoms with Crippen molar-refractivity contribution in [1.29, 1.82) is 0 Å². The Bertz CT molecular complexity index is 853. The molecule has 0 amide bonds. The lowest BCUT2D eigenvalue weighted by Gasteiger charge is -2.16. The van der Waals surface area contributed by atoms with E-state index < -0.39 is 28.1 Å². The Morgan fingerprint density at radius 1 is 1.24 bits per heavy atom. The van der Waals surface area contributed by atoms with Gasteiger partial charge in [0.05, 0.1) is 25.4 Å². The fourth-order valence-corrected chi connectivity index (χ4v) is 3.38. The number of nitrogens with zero attached hydrogens (tertiary/aromatic N) is 2. The Kier molecular flexibility index (Phi) is 5.99. The van der Waals surface area contributed by atoms with Crippen molar-refractivity contribution in [2.75, 3.05) is 13.2 Å². The van der Waals surface area contributed by atoms with E-state index in [2.05, 4.69) is 4.79 Å². The molecule has 2 rings (SSSR count). The highest BCUT2D eigenvalue weighted by Gasteiger charge is 2.30. The first-order valence-electron chi connectivity index (χ1n) is 7.53. The van der Waals surface area contributed by atoms with Gasteiger partial charge in [0.2, 0.25) is 0 Å². The van der Waals surface area contributed by atoms with Crippen molar-refractivity contribution < 1.29 is 32.0 Å². The summed E-state index contributed by atoms with van der Waals surface area (Å²) in [5.41, 5.74) is 8.90. The van der Waals surface area contributed by atoms with Crippen LogP contribution in [0.3, 0.4) is 0 Å². The summed E-state index contributed by atoms with van der Waals surface area (Å²) in [6.45, 7) is 2.99. The minimum absolute atomic E-state index is 0.0613. The SMILES string of the molecule is CC(O)COC(C)COS(=O)(=O)c1cccc2c1C=CC(=[N+]=[N-])C2=O. The van der Waals surface area contributed by atoms with Crippen molar-refractivity contribution in [3.8, 4) is 0 Å². The van der Waals surface area contributed by atoms with Gasteiger partial charge in [-0.05, 0) is 26.0 Å². The van der Waals surface area contributed by atoms with Crippen LogP contribution in [0, 0.1) is 0 Å². The van der Waals surface area contributed by atoms with Crippen molar-refractivity contribution in [2.24, 2.45) is 0 Å². The monoisotopic (exact) mass is 366 g/mol. The largest absolute Gasteiger partial charge is 0.391 e. The molecule has 0 heterocycles. The zero-order valence-corrected chi connectivity index (χ0v) is 14.6. The number of rotatable bonds is 7. The van der Waals surface area contributed by atoms with Crippen LogP contribution in [0.1, 0.15) is 29.8 Å². The van der Waals surface area contributed by atoms with Gasteiger partial charge in [-0.15, -0.1) is 0 Å². The van der Waals surface area contributed by atoms with Gasteiger partial charge in [0.1, 0.15) is 4.90 Å². The molecule has 0 fully saturated rings. The van der Waals surface area contributed by atoms with Crippen LogP contribution >= 0.6 is 0 Å². The first-order valence-corrected chi connectivity index (χ1v) is 8.94. The summed E-state index contributed by atoms with van der Waals surface area (Å²) in [7, 11) is -4.13. The van der Waals surface area contributed by atoms with Crippen molar-refractivity contribution in [3.63, 3.8) is 0 Å². The van der Waals surface area contributed by atoms with E-state index in [-0.39, 0.29) is 34.9 Å². The lowest BCUT2D eigenvalue weighted by Crippen LogP contribution is -2.24. The fraction of sp³-hybridized carbons (Fsp3) is 0.375. The van der Waals surface area contributed by atoms with Crippen LogP contribution in [0.2, 0.25) is 0 Å². The number of benzene rings is 1. The molecule has 0 aromatic heterocycles. The minimum Gasteiger partial charge on any atom is -0.391 e. The zero-order valence-electron chi connectivity index (χ0n) is 13.7. The zero-order chi connectivity index (χ0) is 18.6. The van der Waals surface area contributed by atoms with Crippen LogP contribution in [-0.2, 0) is 19.0 Å². The van der Waals surface area contributed by atoms with Gasteiger partial charge in [0.25, 0.3) is 15.9 Å². The molecule has 1 aliphatic rings. The molecule has 0 bridgehead atoms. The molecular formula is C16H18N2O6S. The molecule has 9 heteroatoms. The predicted molar refractivity (Wildman–Crippen MR) is 88.7 cm³/mol. The predicted octanol–water partition coefficient (Wildman–Crippen LogP) is 1.06. The average Bonchev–Trinajstić information content (AvgIpc) is 2.58. The van der Waals surface area contributed by atoms with E-state index in [9.17, 15) is 13.2 Å². The molecule has 25 heavy (non-hydrogen) atoms. The molecule has 2 atom stereocenters. The second kappa shape index (κ2) is 7.81. The van der Waals surface area contributed by atoms with E-state index in [0.717, 1.165) is 0 Å². The summed E-state index contributed by atoms with van der Waals surface area (Å²) >= 11 is 0. The lowest BCUT2D eigenvalue weighted by molar-refractivity contribution is -0.0122. The Balaban J connectivity index is 2.23. The van der Waals surface area contributed by atoms with Crippen LogP contribution < -0.4 is 0 Å². The Hall–Kier alpha value is -2.16. The third-order valence-electron chi connectivity index (χ3n) is 3.41. The topological polar surface area (TPSA) is 126 Å². The summed E-state index contributed by atoms with van der Waals surface area (Å²) in [5, 5.41) is 9.16. The van der Waals surface area contributed by atoms with Gasteiger partial charge in [-0.2, -0.15) is 13.2 Å². The number of hydrogen-bond acceptors (Lipinski definition) is 6. The Labute approximate surface area is 145 Å². The maximum Gasteiger partial charge on any atom is 0.362 e. The van der Waals surface area contributed by atoms with Gasteiger partial charge >= 0.3 is 5.71 Å². The van der Waals surface area contributed by atoms with Crippen LogP contribution in [0.4, 0.5) is 0 Å². The normalized spacial score (nSPS) is 16.3. The molecule has 2 unspecified atom stereocenters. The van der Waals surface area contributed by atoms with Gasteiger partial charge in [-0.25, -0.2) is 0 Å². The molecule has 1 N–H and O–H groups in total. The number of aliphatic hydroxyl groups excluding tert-OH is 1. The van der Waals surface area contributed by atoms with Gasteiger partial charge in [0, 0.05) is 17.2 Å². The van der Waals surface area contributed by atoms with E-state index >= 15 is 0 Å². The second-order valence-electron chi connectivity index (χ2n) is 5.60. The molecule has 8 nitrogen and oxygen atoms in total. The molecule has 0 radical (unpaired) electrons. The smallest absolute Gasteiger partial charge is 0.362 e. The molecule has 1 aliphatic carbocycles. The standard InChI is InChI=1S/C16H18N2O6S/c1-10(19)8-23-11(2)9-24-25(21,22)15-5-3-4-13-12(15)6-7-14(18-17)16(13)20/h3-7,10-11,19H,8-9H2,1-2H3. The highest BCUT2D eigenvalue weighted by Crippen LogP contribution is 2.26. The molecule has 0 spiro atoms. The van der Waals surface area contributed by atoms with Crippen molar-refractivity contribution in [3.05, 3.63) is 40.9 Å². The van der Waals surface area contributed by atoms with Crippen molar-refractivity contribution in [1.82, 2.24) is 0 Å². The number of carbonyl (C=O) groups is 1. The van der Waals surface area contributed by atoms with Crippen LogP contribution in [0.5, 0.6) is 0 Å². The third-order valence-corrected chi connectivity index (χ3v) is 4.75. The van der Waals surface area contributed by atoms with Gasteiger partial charge < -0.3 is 15.4 Å². The summed E-state index contributed by atoms with van der Waals surface area (Å²) in [4.78, 5) is 14.8. The summed E-state index contributed by atoms with van der Waals surface area (Å²) in [6.07, 6.45) is 1.40. The summed E-state index contributed by atoms with van der Waals surface area (Å²) in [5.74, 6) is -0.578. The summed E-state index contributed by atoms with van der Waals surface area (Å²) in [6, 6.07) is 4.18. The van der Waals surface area contributed by atoms with Crippen LogP contribution in [0.15, 0.2) is 29.2 Å². The first-order chi connectivity index (χ1) is 11.8. The molecule has 1 aromatic carbocycles. The lowest BCUT2D eigenvalue weighted by atomic mass is 9.95. The number of carbonyl (C=O) groups excluding carboxylic acids is 1. The summed E-state index contributed by atoms with van der Waals surface area (Å²) < 4.78 is 35.2. The van der Waals surface area contributed by atoms with Gasteiger partial charge in [-0.1, -0.05) is 12.1 Å². The average molecular weight is 366 g/mol. The number of allylic oxidation sites excluding steroid dienone is 1. The first kappa shape index (κ1) is 19.2. The Morgan fingerprint density at radius 3 is 2.60 bits per heavy atom. The number of fused-ring (bicyclic) bond motifs is 1. The third kappa shape index (κ3) is 4.47. The van der Waals surface area contributed by atoms with Crippen molar-refractivity contribution >= 4 is 27.7 Å². The van der Waals surface area contributed by atoms with Crippen molar-refractivity contribution in [2.45, 2.75) is 31.0 Å². The number of hydrogen-bond donors (Lipinski definition) is 1. The van der Waals surface area contributed by atoms with E-state index in [1.807, 2.05) is 0 Å².